The molecule has 2 aromatic carbocycles. The molecule has 1 aliphatic rings. The van der Waals surface area contributed by atoms with E-state index in [9.17, 15) is 4.79 Å². The first-order chi connectivity index (χ1) is 13.6. The standard InChI is InChI=1S/C22H26N4O2/c1-4-26-19-12-17(28-3)10-9-16(19)11-20(26)18-13-21(25-24-18)23-22(27)15-7-5-14(2)6-8-15/h5-12,18,21,24-25H,4,13H2,1-3H3,(H,23,27). The number of aromatic nitrogens is 1. The van der Waals surface area contributed by atoms with E-state index >= 15 is 0 Å². The molecule has 4 rings (SSSR count). The van der Waals surface area contributed by atoms with Crippen LogP contribution in [0.1, 0.15) is 41.0 Å². The van der Waals surface area contributed by atoms with Crippen LogP contribution in [0.4, 0.5) is 0 Å². The second-order valence-corrected chi connectivity index (χ2v) is 7.21. The minimum atomic E-state index is -0.128. The van der Waals surface area contributed by atoms with Crippen LogP contribution < -0.4 is 20.9 Å². The normalized spacial score (nSPS) is 19.1. The third-order valence-electron chi connectivity index (χ3n) is 5.34. The van der Waals surface area contributed by atoms with Gasteiger partial charge in [0, 0.05) is 35.7 Å². The van der Waals surface area contributed by atoms with Gasteiger partial charge in [-0.25, -0.2) is 10.9 Å². The van der Waals surface area contributed by atoms with Gasteiger partial charge in [0.25, 0.3) is 5.91 Å². The molecule has 1 aromatic heterocycles. The zero-order valence-corrected chi connectivity index (χ0v) is 16.5. The summed E-state index contributed by atoms with van der Waals surface area (Å²) >= 11 is 0. The highest BCUT2D eigenvalue weighted by Gasteiger charge is 2.29. The maximum absolute atomic E-state index is 12.5. The molecule has 2 unspecified atom stereocenters. The molecular formula is C22H26N4O2. The Labute approximate surface area is 164 Å². The van der Waals surface area contributed by atoms with E-state index in [1.54, 1.807) is 7.11 Å². The van der Waals surface area contributed by atoms with E-state index in [0.29, 0.717) is 5.56 Å². The number of amides is 1. The maximum Gasteiger partial charge on any atom is 0.252 e. The number of rotatable bonds is 5. The summed E-state index contributed by atoms with van der Waals surface area (Å²) < 4.78 is 7.67. The lowest BCUT2D eigenvalue weighted by Gasteiger charge is -2.14. The van der Waals surface area contributed by atoms with Crippen LogP contribution >= 0.6 is 0 Å². The predicted octanol–water partition coefficient (Wildman–Crippen LogP) is 3.27. The van der Waals surface area contributed by atoms with E-state index in [2.05, 4.69) is 45.9 Å². The molecule has 1 aliphatic heterocycles. The van der Waals surface area contributed by atoms with Gasteiger partial charge in [0.2, 0.25) is 0 Å². The van der Waals surface area contributed by atoms with Crippen LogP contribution in [0.15, 0.2) is 48.5 Å². The zero-order valence-electron chi connectivity index (χ0n) is 16.5. The summed E-state index contributed by atoms with van der Waals surface area (Å²) in [5, 5.41) is 4.25. The number of hydrogen-bond donors (Lipinski definition) is 3. The number of nitrogens with zero attached hydrogens (tertiary/aromatic N) is 1. The van der Waals surface area contributed by atoms with Crippen molar-refractivity contribution < 1.29 is 9.53 Å². The lowest BCUT2D eigenvalue weighted by Crippen LogP contribution is -2.44. The van der Waals surface area contributed by atoms with E-state index in [0.717, 1.165) is 29.8 Å². The molecule has 6 heteroatoms. The van der Waals surface area contributed by atoms with Gasteiger partial charge in [0.1, 0.15) is 5.75 Å². The summed E-state index contributed by atoms with van der Waals surface area (Å²) in [5.41, 5.74) is 10.7. The summed E-state index contributed by atoms with van der Waals surface area (Å²) in [7, 11) is 1.69. The van der Waals surface area contributed by atoms with Crippen LogP contribution in [0.3, 0.4) is 0 Å². The molecule has 0 saturated carbocycles. The highest BCUT2D eigenvalue weighted by Crippen LogP contribution is 2.30. The molecule has 0 spiro atoms. The second kappa shape index (κ2) is 7.66. The van der Waals surface area contributed by atoms with Crippen LogP contribution in [0.5, 0.6) is 5.75 Å². The van der Waals surface area contributed by atoms with E-state index in [-0.39, 0.29) is 18.1 Å². The Balaban J connectivity index is 1.51. The molecule has 0 aliphatic carbocycles. The lowest BCUT2D eigenvalue weighted by atomic mass is 10.1. The van der Waals surface area contributed by atoms with Gasteiger partial charge < -0.3 is 14.6 Å². The molecule has 28 heavy (non-hydrogen) atoms. The Morgan fingerprint density at radius 2 is 1.96 bits per heavy atom. The van der Waals surface area contributed by atoms with Gasteiger partial charge in [-0.1, -0.05) is 17.7 Å². The van der Waals surface area contributed by atoms with Gasteiger partial charge in [-0.15, -0.1) is 0 Å². The number of benzene rings is 2. The minimum Gasteiger partial charge on any atom is -0.497 e. The van der Waals surface area contributed by atoms with Crippen LogP contribution in [0.2, 0.25) is 0 Å². The number of aryl methyl sites for hydroxylation is 2. The van der Waals surface area contributed by atoms with E-state index < -0.39 is 0 Å². The van der Waals surface area contributed by atoms with Crippen molar-refractivity contribution >= 4 is 16.8 Å². The summed E-state index contributed by atoms with van der Waals surface area (Å²) in [4.78, 5) is 12.5. The number of carbonyl (C=O) groups is 1. The zero-order chi connectivity index (χ0) is 19.7. The van der Waals surface area contributed by atoms with Crippen molar-refractivity contribution in [1.82, 2.24) is 20.7 Å². The Bertz CT molecular complexity index is 994. The Hall–Kier alpha value is -2.83. The predicted molar refractivity (Wildman–Crippen MR) is 110 cm³/mol. The van der Waals surface area contributed by atoms with Crippen molar-refractivity contribution in [2.45, 2.75) is 39.0 Å². The average molecular weight is 378 g/mol. The number of nitrogens with one attached hydrogen (secondary N) is 3. The van der Waals surface area contributed by atoms with Gasteiger partial charge in [-0.05, 0) is 44.2 Å². The van der Waals surface area contributed by atoms with Gasteiger partial charge in [0.05, 0.1) is 24.8 Å². The Morgan fingerprint density at radius 1 is 1.18 bits per heavy atom. The third kappa shape index (κ3) is 3.48. The Morgan fingerprint density at radius 3 is 2.68 bits per heavy atom. The van der Waals surface area contributed by atoms with Crippen molar-refractivity contribution in [2.24, 2.45) is 0 Å². The van der Waals surface area contributed by atoms with Crippen molar-refractivity contribution in [3.8, 4) is 5.75 Å². The molecule has 2 heterocycles. The van der Waals surface area contributed by atoms with Crippen LogP contribution in [0.25, 0.3) is 10.9 Å². The fourth-order valence-electron chi connectivity index (χ4n) is 3.82. The topological polar surface area (TPSA) is 67.3 Å². The molecule has 1 amide bonds. The average Bonchev–Trinajstić information content (AvgIpc) is 3.31. The van der Waals surface area contributed by atoms with Crippen molar-refractivity contribution in [3.63, 3.8) is 0 Å². The van der Waals surface area contributed by atoms with Crippen molar-refractivity contribution in [3.05, 3.63) is 65.4 Å². The summed E-state index contributed by atoms with van der Waals surface area (Å²) in [6, 6.07) is 16.1. The number of methoxy groups -OCH3 is 1. The molecule has 2 atom stereocenters. The van der Waals surface area contributed by atoms with Gasteiger partial charge in [-0.2, -0.15) is 0 Å². The second-order valence-electron chi connectivity index (χ2n) is 7.21. The fourth-order valence-corrected chi connectivity index (χ4v) is 3.82. The number of carbonyl (C=O) groups excluding carboxylic acids is 1. The lowest BCUT2D eigenvalue weighted by molar-refractivity contribution is 0.0932. The van der Waals surface area contributed by atoms with E-state index in [4.69, 9.17) is 4.74 Å². The highest BCUT2D eigenvalue weighted by atomic mass is 16.5. The summed E-state index contributed by atoms with van der Waals surface area (Å²) in [6.45, 7) is 5.02. The molecule has 3 N–H and O–H groups in total. The minimum absolute atomic E-state index is 0.0688. The molecule has 0 radical (unpaired) electrons. The molecule has 3 aromatic rings. The fraction of sp³-hybridized carbons (Fsp3) is 0.318. The molecule has 1 saturated heterocycles. The van der Waals surface area contributed by atoms with E-state index in [1.165, 1.54) is 11.1 Å². The number of ether oxygens (including phenoxy) is 1. The van der Waals surface area contributed by atoms with Crippen molar-refractivity contribution in [2.75, 3.05) is 7.11 Å². The monoisotopic (exact) mass is 378 g/mol. The van der Waals surface area contributed by atoms with E-state index in [1.807, 2.05) is 37.3 Å². The first-order valence-electron chi connectivity index (χ1n) is 9.64. The van der Waals surface area contributed by atoms with Gasteiger partial charge in [0.15, 0.2) is 0 Å². The summed E-state index contributed by atoms with van der Waals surface area (Å²) in [6.07, 6.45) is 0.641. The number of fused-ring (bicyclic) bond motifs is 1. The first-order valence-corrected chi connectivity index (χ1v) is 9.64. The molecule has 6 nitrogen and oxygen atoms in total. The quantitative estimate of drug-likeness (QED) is 0.637. The maximum atomic E-state index is 12.5. The Kier molecular flexibility index (Phi) is 5.07. The molecule has 1 fully saturated rings. The van der Waals surface area contributed by atoms with Gasteiger partial charge >= 0.3 is 0 Å². The summed E-state index contributed by atoms with van der Waals surface area (Å²) in [5.74, 6) is 0.785. The number of hydrazine groups is 1. The smallest absolute Gasteiger partial charge is 0.252 e. The van der Waals surface area contributed by atoms with Gasteiger partial charge in [-0.3, -0.25) is 4.79 Å². The largest absolute Gasteiger partial charge is 0.497 e. The molecule has 0 bridgehead atoms. The van der Waals surface area contributed by atoms with Crippen molar-refractivity contribution in [1.29, 1.82) is 0 Å². The third-order valence-corrected chi connectivity index (χ3v) is 5.34. The highest BCUT2D eigenvalue weighted by molar-refractivity contribution is 5.94. The molecular weight excluding hydrogens is 352 g/mol. The van der Waals surface area contributed by atoms with Crippen LogP contribution in [-0.4, -0.2) is 23.7 Å². The SMILES string of the molecule is CCn1c(C2CC(NC(=O)c3ccc(C)cc3)NN2)cc2ccc(OC)cc21. The van der Waals surface area contributed by atoms with Crippen LogP contribution in [-0.2, 0) is 6.54 Å². The van der Waals surface area contributed by atoms with Crippen LogP contribution in [0, 0.1) is 6.92 Å². The number of hydrogen-bond acceptors (Lipinski definition) is 4. The first kappa shape index (κ1) is 18.5. The molecule has 146 valence electrons.